The van der Waals surface area contributed by atoms with Crippen molar-refractivity contribution >= 4 is 17.4 Å². The van der Waals surface area contributed by atoms with Crippen LogP contribution in [0.5, 0.6) is 0 Å². The summed E-state index contributed by atoms with van der Waals surface area (Å²) in [6.45, 7) is 7.53. The molecule has 0 aromatic heterocycles. The molecule has 0 radical (unpaired) electrons. The van der Waals surface area contributed by atoms with Crippen LogP contribution in [0.3, 0.4) is 0 Å². The number of nitrogens with one attached hydrogen (secondary N) is 1. The second kappa shape index (κ2) is 8.04. The molecule has 1 atom stereocenters. The second-order valence-electron chi connectivity index (χ2n) is 4.25. The summed E-state index contributed by atoms with van der Waals surface area (Å²) < 4.78 is 5.29. The molecule has 0 bridgehead atoms. The van der Waals surface area contributed by atoms with Crippen LogP contribution in [0, 0.1) is 11.8 Å². The molecular weight excluding hydrogens is 194 g/mol. The van der Waals surface area contributed by atoms with Crippen LogP contribution in [0.15, 0.2) is 0 Å². The Morgan fingerprint density at radius 3 is 2.36 bits per heavy atom. The molecule has 1 N–H and O–H groups in total. The van der Waals surface area contributed by atoms with Crippen molar-refractivity contribution in [2.45, 2.75) is 40.0 Å². The van der Waals surface area contributed by atoms with E-state index in [2.05, 4.69) is 26.1 Å². The Kier molecular flexibility index (Phi) is 7.86. The molecule has 1 unspecified atom stereocenters. The van der Waals surface area contributed by atoms with E-state index < -0.39 is 0 Å². The van der Waals surface area contributed by atoms with E-state index in [4.69, 9.17) is 17.0 Å². The van der Waals surface area contributed by atoms with Gasteiger partial charge in [-0.2, -0.15) is 0 Å². The van der Waals surface area contributed by atoms with Gasteiger partial charge in [0.15, 0.2) is 0 Å². The Morgan fingerprint density at radius 1 is 1.21 bits per heavy atom. The molecule has 0 amide bonds. The molecule has 3 heteroatoms. The molecule has 0 saturated carbocycles. The molecule has 0 saturated heterocycles. The molecule has 0 aliphatic rings. The third-order valence-electron chi connectivity index (χ3n) is 2.28. The summed E-state index contributed by atoms with van der Waals surface area (Å²) in [5.74, 6) is 1.54. The van der Waals surface area contributed by atoms with E-state index in [1.807, 2.05) is 0 Å². The Labute approximate surface area is 93.4 Å². The first-order chi connectivity index (χ1) is 6.56. The van der Waals surface area contributed by atoms with Gasteiger partial charge in [-0.05, 0) is 30.5 Å². The quantitative estimate of drug-likeness (QED) is 0.691. The summed E-state index contributed by atoms with van der Waals surface area (Å²) in [6.07, 6.45) is 3.68. The highest BCUT2D eigenvalue weighted by Crippen LogP contribution is 2.14. The zero-order chi connectivity index (χ0) is 11.0. The van der Waals surface area contributed by atoms with Crippen molar-refractivity contribution in [1.29, 1.82) is 0 Å². The van der Waals surface area contributed by atoms with Gasteiger partial charge in [-0.1, -0.05) is 33.6 Å². The minimum atomic E-state index is 0.501. The van der Waals surface area contributed by atoms with E-state index in [0.717, 1.165) is 24.9 Å². The molecule has 0 aromatic rings. The summed E-state index contributed by atoms with van der Waals surface area (Å²) in [5.41, 5.74) is 0. The Bertz CT molecular complexity index is 159. The van der Waals surface area contributed by atoms with Crippen molar-refractivity contribution in [3.63, 3.8) is 0 Å². The summed E-state index contributed by atoms with van der Waals surface area (Å²) >= 11 is 4.88. The molecule has 0 rings (SSSR count). The van der Waals surface area contributed by atoms with Gasteiger partial charge in [0.05, 0.1) is 6.61 Å². The first-order valence-electron chi connectivity index (χ1n) is 5.40. The zero-order valence-electron chi connectivity index (χ0n) is 9.80. The first-order valence-corrected chi connectivity index (χ1v) is 5.81. The van der Waals surface area contributed by atoms with Gasteiger partial charge in [-0.15, -0.1) is 0 Å². The van der Waals surface area contributed by atoms with Crippen LogP contribution < -0.4 is 5.32 Å². The predicted molar refractivity (Wildman–Crippen MR) is 65.5 cm³/mol. The second-order valence-corrected chi connectivity index (χ2v) is 4.62. The van der Waals surface area contributed by atoms with Crippen molar-refractivity contribution in [1.82, 2.24) is 5.32 Å². The lowest BCUT2D eigenvalue weighted by Crippen LogP contribution is -2.20. The molecule has 2 nitrogen and oxygen atoms in total. The number of rotatable bonds is 6. The Morgan fingerprint density at radius 2 is 1.86 bits per heavy atom. The third-order valence-corrected chi connectivity index (χ3v) is 2.61. The van der Waals surface area contributed by atoms with Crippen LogP contribution >= 0.6 is 12.2 Å². The fourth-order valence-electron chi connectivity index (χ4n) is 1.19. The zero-order valence-corrected chi connectivity index (χ0v) is 10.6. The van der Waals surface area contributed by atoms with Gasteiger partial charge in [0.25, 0.3) is 5.17 Å². The SMILES string of the molecule is CNC(=S)OCCC(C)CCC(C)C. The van der Waals surface area contributed by atoms with E-state index in [-0.39, 0.29) is 0 Å². The number of thiocarbonyl (C=S) groups is 1. The van der Waals surface area contributed by atoms with Crippen molar-refractivity contribution < 1.29 is 4.74 Å². The van der Waals surface area contributed by atoms with Crippen LogP contribution in [0.4, 0.5) is 0 Å². The van der Waals surface area contributed by atoms with E-state index in [1.165, 1.54) is 12.8 Å². The van der Waals surface area contributed by atoms with E-state index in [1.54, 1.807) is 7.05 Å². The lowest BCUT2D eigenvalue weighted by Gasteiger charge is -2.13. The van der Waals surface area contributed by atoms with Crippen LogP contribution in [0.2, 0.25) is 0 Å². The average molecular weight is 217 g/mol. The monoisotopic (exact) mass is 217 g/mol. The van der Waals surface area contributed by atoms with Gasteiger partial charge < -0.3 is 10.1 Å². The van der Waals surface area contributed by atoms with Crippen LogP contribution in [-0.2, 0) is 4.74 Å². The summed E-state index contributed by atoms with van der Waals surface area (Å²) in [5, 5.41) is 3.30. The van der Waals surface area contributed by atoms with Crippen molar-refractivity contribution in [2.75, 3.05) is 13.7 Å². The maximum absolute atomic E-state index is 5.29. The van der Waals surface area contributed by atoms with E-state index >= 15 is 0 Å². The molecular formula is C11H23NOS. The van der Waals surface area contributed by atoms with Crippen molar-refractivity contribution in [2.24, 2.45) is 11.8 Å². The number of hydrogen-bond acceptors (Lipinski definition) is 2. The van der Waals surface area contributed by atoms with Crippen LogP contribution in [0.25, 0.3) is 0 Å². The Hall–Kier alpha value is -0.310. The highest BCUT2D eigenvalue weighted by molar-refractivity contribution is 7.80. The maximum atomic E-state index is 5.29. The molecule has 0 heterocycles. The van der Waals surface area contributed by atoms with Gasteiger partial charge in [0.1, 0.15) is 0 Å². The van der Waals surface area contributed by atoms with Crippen LogP contribution in [0.1, 0.15) is 40.0 Å². The normalized spacial score (nSPS) is 12.6. The highest BCUT2D eigenvalue weighted by atomic mass is 32.1. The average Bonchev–Trinajstić information content (AvgIpc) is 2.14. The fourth-order valence-corrected chi connectivity index (χ4v) is 1.27. The highest BCUT2D eigenvalue weighted by Gasteiger charge is 2.04. The van der Waals surface area contributed by atoms with E-state index in [9.17, 15) is 0 Å². The summed E-state index contributed by atoms with van der Waals surface area (Å²) in [6, 6.07) is 0. The van der Waals surface area contributed by atoms with Gasteiger partial charge in [0, 0.05) is 7.05 Å². The topological polar surface area (TPSA) is 21.3 Å². The molecule has 84 valence electrons. The summed E-state index contributed by atoms with van der Waals surface area (Å²) in [7, 11) is 1.78. The van der Waals surface area contributed by atoms with Crippen molar-refractivity contribution in [3.05, 3.63) is 0 Å². The number of ether oxygens (including phenoxy) is 1. The standard InChI is InChI=1S/C11H23NOS/c1-9(2)5-6-10(3)7-8-13-11(14)12-4/h9-10H,5-8H2,1-4H3,(H,12,14). The molecule has 0 aromatic carbocycles. The van der Waals surface area contributed by atoms with E-state index in [0.29, 0.717) is 5.17 Å². The fraction of sp³-hybridized carbons (Fsp3) is 0.909. The first kappa shape index (κ1) is 13.7. The largest absolute Gasteiger partial charge is 0.471 e. The lowest BCUT2D eigenvalue weighted by atomic mass is 9.97. The Balaban J connectivity index is 3.35. The van der Waals surface area contributed by atoms with Gasteiger partial charge in [0.2, 0.25) is 0 Å². The molecule has 0 fully saturated rings. The molecule has 0 spiro atoms. The molecule has 14 heavy (non-hydrogen) atoms. The smallest absolute Gasteiger partial charge is 0.256 e. The number of hydrogen-bond donors (Lipinski definition) is 1. The molecule has 0 aliphatic heterocycles. The van der Waals surface area contributed by atoms with Gasteiger partial charge in [-0.3, -0.25) is 0 Å². The minimum absolute atomic E-state index is 0.501. The third kappa shape index (κ3) is 8.30. The lowest BCUT2D eigenvalue weighted by molar-refractivity contribution is 0.261. The maximum Gasteiger partial charge on any atom is 0.256 e. The van der Waals surface area contributed by atoms with Gasteiger partial charge in [-0.25, -0.2) is 0 Å². The van der Waals surface area contributed by atoms with Crippen molar-refractivity contribution in [3.8, 4) is 0 Å². The van der Waals surface area contributed by atoms with Gasteiger partial charge >= 0.3 is 0 Å². The summed E-state index contributed by atoms with van der Waals surface area (Å²) in [4.78, 5) is 0. The molecule has 0 aliphatic carbocycles. The minimum Gasteiger partial charge on any atom is -0.471 e. The predicted octanol–water partition coefficient (Wildman–Crippen LogP) is 2.97. The van der Waals surface area contributed by atoms with Crippen LogP contribution in [-0.4, -0.2) is 18.8 Å².